The van der Waals surface area contributed by atoms with E-state index in [1.807, 2.05) is 5.43 Å². The van der Waals surface area contributed by atoms with Crippen LogP contribution in [0.4, 0.5) is 22.7 Å². The lowest BCUT2D eigenvalue weighted by Crippen LogP contribution is -2.48. The van der Waals surface area contributed by atoms with Gasteiger partial charge in [0.2, 0.25) is 10.9 Å². The van der Waals surface area contributed by atoms with Crippen LogP contribution in [0.15, 0.2) is 114 Å². The molecule has 33 nitrogen and oxygen atoms in total. The molecule has 9 N–H and O–H groups in total. The number of phenols is 1. The number of nitrogens with zero attached hydrogens (tertiary/aromatic N) is 4. The number of sulfone groups is 2. The Morgan fingerprint density at radius 1 is 0.464 bits per heavy atom. The molecule has 0 aliphatic rings. The van der Waals surface area contributed by atoms with Gasteiger partial charge in [-0.2, -0.15) is 60.7 Å². The summed E-state index contributed by atoms with van der Waals surface area (Å²) in [6.45, 7) is -2.41. The van der Waals surface area contributed by atoms with Gasteiger partial charge in [-0.05, 0) is 54.6 Å². The third-order valence-electron chi connectivity index (χ3n) is 8.00. The van der Waals surface area contributed by atoms with E-state index in [0.29, 0.717) is 42.5 Å². The van der Waals surface area contributed by atoms with Crippen molar-refractivity contribution in [2.75, 3.05) is 35.6 Å². The summed E-state index contributed by atoms with van der Waals surface area (Å²) in [4.78, 5) is 20.4. The third kappa shape index (κ3) is 14.7. The molecular formula is C28H26N6O27S8. The molecule has 0 heterocycles. The summed E-state index contributed by atoms with van der Waals surface area (Å²) >= 11 is 0. The molecule has 0 aromatic heterocycles. The van der Waals surface area contributed by atoms with Gasteiger partial charge in [-0.1, -0.05) is 0 Å². The molecule has 69 heavy (non-hydrogen) atoms. The van der Waals surface area contributed by atoms with Gasteiger partial charge in [0.25, 0.3) is 40.5 Å². The first-order valence-electron chi connectivity index (χ1n) is 16.9. The lowest BCUT2D eigenvalue weighted by molar-refractivity contribution is 0.282. The normalized spacial score (nSPS) is 14.1. The van der Waals surface area contributed by atoms with E-state index in [4.69, 9.17) is 9.11 Å². The van der Waals surface area contributed by atoms with Gasteiger partial charge in [0.05, 0.1) is 50.8 Å². The number of rotatable bonds is 20. The summed E-state index contributed by atoms with van der Waals surface area (Å²) in [5.74, 6) is -4.16. The number of nitrogens with one attached hydrogen (secondary N) is 2. The topological polar surface area (TPSA) is 541 Å². The number of phenolic OH excluding ortho intramolecular Hbond substituents is 1. The van der Waals surface area contributed by atoms with Crippen LogP contribution >= 0.6 is 0 Å². The zero-order chi connectivity index (χ0) is 52.5. The smallest absolute Gasteiger partial charge is 0.397 e. The van der Waals surface area contributed by atoms with Gasteiger partial charge in [-0.15, -0.1) is 10.2 Å². The SMILES string of the molecule is O=c1c(N=Nc2ccc(S(=O)(=O)CCOS(=O)(=O)O)cc2S(=O)(=O)O)c(O)c(=NNc2ccc(S(=O)(=O)CCOS(=O)(=O)O)cc2S(=O)(=O)O)c(=O)c1=NNc1cc(S(=O)(=O)O)ccc1S(=O)(=O)O. The van der Waals surface area contributed by atoms with Crippen LogP contribution in [0.25, 0.3) is 0 Å². The molecule has 0 bridgehead atoms. The number of benzene rings is 4. The van der Waals surface area contributed by atoms with E-state index >= 15 is 0 Å². The van der Waals surface area contributed by atoms with E-state index < -0.39 is 185 Å². The monoisotopic (exact) mass is 1130 g/mol. The number of anilines is 2. The molecule has 0 spiro atoms. The standard InChI is InChI=1S/C28H26N6O27S8/c35-26-23(32-29-17-4-1-14(12-21(17)66(48,49)50)62(38,39)9-7-60-68(54,55)56)27(36)25(34-31-19-11-16(64(42,43)44)3-6-20(19)65(45,46)47)28(37)24(26)33-30-18-5-2-15(13-22(18)67(51,52)53)63(40,41)10-8-61-69(57,58)59/h1-6,11-13,29,31,35H,7-10H2,(H,42,43,44)(H,45,46,47)(H,48,49,50)(H,51,52,53)(H,54,55,56)(H,57,58,59). The van der Waals surface area contributed by atoms with E-state index in [-0.39, 0.29) is 12.1 Å². The van der Waals surface area contributed by atoms with Gasteiger partial charge >= 0.3 is 20.8 Å². The van der Waals surface area contributed by atoms with Crippen molar-refractivity contribution >= 4 is 104 Å². The minimum absolute atomic E-state index is 0.227. The Hall–Kier alpha value is -5.64. The van der Waals surface area contributed by atoms with E-state index in [0.717, 1.165) is 0 Å². The van der Waals surface area contributed by atoms with Gasteiger partial charge < -0.3 is 5.11 Å². The molecule has 0 saturated heterocycles. The average Bonchev–Trinajstić information content (AvgIpc) is 3.18. The second-order valence-electron chi connectivity index (χ2n) is 12.7. The summed E-state index contributed by atoms with van der Waals surface area (Å²) in [5, 5.41) is 21.5. The third-order valence-corrected chi connectivity index (χ3v) is 15.8. The zero-order valence-corrected chi connectivity index (χ0v) is 39.4. The minimum atomic E-state index is -5.57. The lowest BCUT2D eigenvalue weighted by atomic mass is 10.2. The van der Waals surface area contributed by atoms with Crippen molar-refractivity contribution in [3.05, 3.63) is 85.8 Å². The van der Waals surface area contributed by atoms with Crippen LogP contribution in [-0.4, -0.2) is 124 Å². The van der Waals surface area contributed by atoms with Crippen molar-refractivity contribution in [3.63, 3.8) is 0 Å². The number of aromatic hydroxyl groups is 1. The van der Waals surface area contributed by atoms with Crippen molar-refractivity contribution in [2.45, 2.75) is 29.4 Å². The van der Waals surface area contributed by atoms with Crippen LogP contribution in [0.3, 0.4) is 0 Å². The van der Waals surface area contributed by atoms with Gasteiger partial charge in [0.15, 0.2) is 41.8 Å². The quantitative estimate of drug-likeness (QED) is 0.0249. The maximum absolute atomic E-state index is 13.7. The summed E-state index contributed by atoms with van der Waals surface area (Å²) in [5.41, 5.74) is -4.90. The molecule has 41 heteroatoms. The Kier molecular flexibility index (Phi) is 16.2. The fourth-order valence-corrected chi connectivity index (χ4v) is 10.6. The molecule has 0 amide bonds. The second-order valence-corrected chi connectivity index (χ2v) is 24.7. The molecule has 0 radical (unpaired) electrons. The molecule has 0 unspecified atom stereocenters. The van der Waals surface area contributed by atoms with Crippen LogP contribution in [0.1, 0.15) is 0 Å². The Balaban J connectivity index is 2.02. The van der Waals surface area contributed by atoms with Gasteiger partial charge in [-0.25, -0.2) is 25.2 Å². The van der Waals surface area contributed by atoms with E-state index in [1.54, 1.807) is 5.43 Å². The molecule has 0 aliphatic carbocycles. The second kappa shape index (κ2) is 20.0. The van der Waals surface area contributed by atoms with Gasteiger partial charge in [-0.3, -0.25) is 47.8 Å². The number of hydrogen-bond acceptors (Lipinski definition) is 27. The highest BCUT2D eigenvalue weighted by atomic mass is 32.3. The average molecular weight is 1140 g/mol. The molecular weight excluding hydrogens is 1110 g/mol. The fraction of sp³-hybridized carbons (Fsp3) is 0.143. The van der Waals surface area contributed by atoms with E-state index in [2.05, 4.69) is 28.8 Å². The zero-order valence-electron chi connectivity index (χ0n) is 32.9. The molecule has 0 fully saturated rings. The largest absolute Gasteiger partial charge is 0.504 e. The Morgan fingerprint density at radius 3 is 1.39 bits per heavy atom. The fourth-order valence-electron chi connectivity index (χ4n) is 4.98. The first-order chi connectivity index (χ1) is 31.2. The van der Waals surface area contributed by atoms with Crippen molar-refractivity contribution < 1.29 is 108 Å². The van der Waals surface area contributed by atoms with Gasteiger partial charge in [0, 0.05) is 0 Å². The van der Waals surface area contributed by atoms with Crippen LogP contribution in [0, 0.1) is 0 Å². The Bertz CT molecular complexity index is 3990. The number of hydrogen-bond donors (Lipinski definition) is 9. The minimum Gasteiger partial charge on any atom is -0.504 e. The van der Waals surface area contributed by atoms with Crippen LogP contribution in [0.2, 0.25) is 0 Å². The Morgan fingerprint density at radius 2 is 0.913 bits per heavy atom. The molecule has 4 aromatic carbocycles. The Labute approximate surface area is 386 Å². The molecule has 0 atom stereocenters. The first kappa shape index (κ1) is 56.0. The highest BCUT2D eigenvalue weighted by Crippen LogP contribution is 2.31. The van der Waals surface area contributed by atoms with Crippen molar-refractivity contribution in [1.29, 1.82) is 0 Å². The predicted molar refractivity (Wildman–Crippen MR) is 223 cm³/mol. The van der Waals surface area contributed by atoms with Crippen molar-refractivity contribution in [1.82, 2.24) is 0 Å². The summed E-state index contributed by atoms with van der Waals surface area (Å²) < 4.78 is 255. The predicted octanol–water partition coefficient (Wildman–Crippen LogP) is -2.57. The van der Waals surface area contributed by atoms with E-state index in [9.17, 15) is 100 Å². The molecule has 4 rings (SSSR count). The van der Waals surface area contributed by atoms with Crippen LogP contribution in [-0.2, 0) is 89.3 Å². The molecule has 4 aromatic rings. The molecule has 0 aliphatic heterocycles. The number of azo groups is 1. The first-order valence-corrected chi connectivity index (χ1v) is 28.7. The lowest BCUT2D eigenvalue weighted by Gasteiger charge is -2.10. The van der Waals surface area contributed by atoms with Crippen LogP contribution < -0.4 is 32.4 Å². The van der Waals surface area contributed by atoms with Crippen molar-refractivity contribution in [3.8, 4) is 5.75 Å². The van der Waals surface area contributed by atoms with E-state index in [1.165, 1.54) is 0 Å². The molecule has 0 saturated carbocycles. The van der Waals surface area contributed by atoms with Crippen LogP contribution in [0.5, 0.6) is 5.75 Å². The van der Waals surface area contributed by atoms with Gasteiger partial charge in [0.1, 0.15) is 20.4 Å². The summed E-state index contributed by atoms with van der Waals surface area (Å²) in [7, 11) is -41.3. The highest BCUT2D eigenvalue weighted by molar-refractivity contribution is 7.92. The van der Waals surface area contributed by atoms with Crippen molar-refractivity contribution in [2.24, 2.45) is 20.4 Å². The highest BCUT2D eigenvalue weighted by Gasteiger charge is 2.26. The maximum Gasteiger partial charge on any atom is 0.397 e. The maximum atomic E-state index is 13.7. The summed E-state index contributed by atoms with van der Waals surface area (Å²) in [6.07, 6.45) is 0. The molecule has 378 valence electrons. The summed E-state index contributed by atoms with van der Waals surface area (Å²) in [6, 6.07) is 3.84.